The number of H-pyrrole nitrogens is 1. The molecule has 0 spiro atoms. The molecule has 0 saturated carbocycles. The number of aromatic amines is 1. The predicted molar refractivity (Wildman–Crippen MR) is 65.4 cm³/mol. The fourth-order valence-electron chi connectivity index (χ4n) is 1.95. The van der Waals surface area contributed by atoms with Crippen LogP contribution in [0.5, 0.6) is 0 Å². The lowest BCUT2D eigenvalue weighted by Gasteiger charge is -2.12. The third kappa shape index (κ3) is 4.25. The van der Waals surface area contributed by atoms with Crippen molar-refractivity contribution in [3.63, 3.8) is 0 Å². The lowest BCUT2D eigenvalue weighted by Crippen LogP contribution is -1.99. The Morgan fingerprint density at radius 1 is 1.27 bits per heavy atom. The molecule has 2 nitrogen and oxygen atoms in total. The number of hydrogen-bond donors (Lipinski definition) is 1. The maximum absolute atomic E-state index is 5.80. The Labute approximate surface area is 97.4 Å². The summed E-state index contributed by atoms with van der Waals surface area (Å²) in [6.07, 6.45) is 9.51. The average molecular weight is 229 g/mol. The number of rotatable bonds is 7. The van der Waals surface area contributed by atoms with Gasteiger partial charge in [-0.15, -0.1) is 0 Å². The van der Waals surface area contributed by atoms with E-state index in [1.165, 1.54) is 38.5 Å². The van der Waals surface area contributed by atoms with Crippen LogP contribution >= 0.6 is 11.6 Å². The molecule has 1 aromatic heterocycles. The van der Waals surface area contributed by atoms with Crippen LogP contribution in [-0.2, 0) is 0 Å². The zero-order valence-corrected chi connectivity index (χ0v) is 10.5. The third-order valence-corrected chi connectivity index (χ3v) is 2.97. The van der Waals surface area contributed by atoms with Gasteiger partial charge in [0.1, 0.15) is 0 Å². The van der Waals surface area contributed by atoms with E-state index in [4.69, 9.17) is 11.6 Å². The van der Waals surface area contributed by atoms with Crippen LogP contribution in [0.2, 0.25) is 5.28 Å². The summed E-state index contributed by atoms with van der Waals surface area (Å²) in [7, 11) is 0. The second kappa shape index (κ2) is 6.89. The van der Waals surface area contributed by atoms with Gasteiger partial charge in [0.15, 0.2) is 5.28 Å². The van der Waals surface area contributed by atoms with E-state index < -0.39 is 0 Å². The topological polar surface area (TPSA) is 28.7 Å². The molecule has 1 unspecified atom stereocenters. The maximum atomic E-state index is 5.80. The summed E-state index contributed by atoms with van der Waals surface area (Å²) in [6, 6.07) is 0. The number of nitrogens with zero attached hydrogens (tertiary/aromatic N) is 1. The SMILES string of the molecule is CCCCCC(CCC)c1c[nH]c(Cl)n1. The Kier molecular flexibility index (Phi) is 5.77. The highest BCUT2D eigenvalue weighted by molar-refractivity contribution is 6.28. The van der Waals surface area contributed by atoms with Gasteiger partial charge in [-0.1, -0.05) is 39.5 Å². The summed E-state index contributed by atoms with van der Waals surface area (Å²) in [5, 5.41) is 0.515. The minimum Gasteiger partial charge on any atom is -0.335 e. The summed E-state index contributed by atoms with van der Waals surface area (Å²) >= 11 is 5.80. The molecule has 86 valence electrons. The van der Waals surface area contributed by atoms with E-state index in [0.29, 0.717) is 11.2 Å². The Hall–Kier alpha value is -0.500. The van der Waals surface area contributed by atoms with Gasteiger partial charge in [0.05, 0.1) is 5.69 Å². The molecule has 0 amide bonds. The molecule has 1 heterocycles. The van der Waals surface area contributed by atoms with Crippen molar-refractivity contribution in [2.45, 2.75) is 58.3 Å². The number of hydrogen-bond acceptors (Lipinski definition) is 1. The number of aromatic nitrogens is 2. The molecule has 15 heavy (non-hydrogen) atoms. The summed E-state index contributed by atoms with van der Waals surface area (Å²) in [5.41, 5.74) is 1.14. The molecule has 0 bridgehead atoms. The standard InChI is InChI=1S/C12H21ClN2/c1-3-5-6-8-10(7-4-2)11-9-14-12(13)15-11/h9-10H,3-8H2,1-2H3,(H,14,15). The Morgan fingerprint density at radius 2 is 2.07 bits per heavy atom. The predicted octanol–water partition coefficient (Wildman–Crippen LogP) is 4.53. The van der Waals surface area contributed by atoms with Gasteiger partial charge in [0, 0.05) is 12.1 Å². The number of halogens is 1. The smallest absolute Gasteiger partial charge is 0.200 e. The molecule has 0 aromatic carbocycles. The van der Waals surface area contributed by atoms with Gasteiger partial charge < -0.3 is 4.98 Å². The van der Waals surface area contributed by atoms with Crippen LogP contribution in [0.4, 0.5) is 0 Å². The number of unbranched alkanes of at least 4 members (excludes halogenated alkanes) is 2. The molecular formula is C12H21ClN2. The van der Waals surface area contributed by atoms with Crippen molar-refractivity contribution >= 4 is 11.6 Å². The van der Waals surface area contributed by atoms with Crippen LogP contribution in [0.1, 0.15) is 64.0 Å². The van der Waals surface area contributed by atoms with Gasteiger partial charge in [0.25, 0.3) is 0 Å². The Balaban J connectivity index is 2.49. The quantitative estimate of drug-likeness (QED) is 0.683. The average Bonchev–Trinajstić information content (AvgIpc) is 2.64. The molecular weight excluding hydrogens is 208 g/mol. The monoisotopic (exact) mass is 228 g/mol. The van der Waals surface area contributed by atoms with E-state index >= 15 is 0 Å². The lowest BCUT2D eigenvalue weighted by atomic mass is 9.94. The zero-order chi connectivity index (χ0) is 11.1. The maximum Gasteiger partial charge on any atom is 0.200 e. The van der Waals surface area contributed by atoms with Crippen molar-refractivity contribution in [2.75, 3.05) is 0 Å². The summed E-state index contributed by atoms with van der Waals surface area (Å²) < 4.78 is 0. The molecule has 0 aliphatic rings. The molecule has 3 heteroatoms. The van der Waals surface area contributed by atoms with E-state index in [1.54, 1.807) is 0 Å². The van der Waals surface area contributed by atoms with E-state index in [9.17, 15) is 0 Å². The van der Waals surface area contributed by atoms with Gasteiger partial charge in [-0.05, 0) is 24.4 Å². The molecule has 0 radical (unpaired) electrons. The molecule has 0 fully saturated rings. The molecule has 1 aromatic rings. The lowest BCUT2D eigenvalue weighted by molar-refractivity contribution is 0.521. The van der Waals surface area contributed by atoms with Gasteiger partial charge >= 0.3 is 0 Å². The van der Waals surface area contributed by atoms with E-state index in [0.717, 1.165) is 5.69 Å². The summed E-state index contributed by atoms with van der Waals surface area (Å²) in [6.45, 7) is 4.46. The largest absolute Gasteiger partial charge is 0.335 e. The van der Waals surface area contributed by atoms with Crippen LogP contribution in [-0.4, -0.2) is 9.97 Å². The van der Waals surface area contributed by atoms with E-state index in [1.807, 2.05) is 6.20 Å². The van der Waals surface area contributed by atoms with Crippen molar-refractivity contribution in [1.29, 1.82) is 0 Å². The summed E-state index contributed by atoms with van der Waals surface area (Å²) in [5.74, 6) is 0.588. The molecule has 1 atom stereocenters. The number of imidazole rings is 1. The second-order valence-corrected chi connectivity index (χ2v) is 4.46. The first-order chi connectivity index (χ1) is 7.27. The van der Waals surface area contributed by atoms with Crippen LogP contribution in [0.3, 0.4) is 0 Å². The van der Waals surface area contributed by atoms with Crippen molar-refractivity contribution in [2.24, 2.45) is 0 Å². The van der Waals surface area contributed by atoms with Crippen molar-refractivity contribution < 1.29 is 0 Å². The van der Waals surface area contributed by atoms with Crippen LogP contribution in [0, 0.1) is 0 Å². The minimum absolute atomic E-state index is 0.515. The molecule has 0 aliphatic carbocycles. The minimum atomic E-state index is 0.515. The second-order valence-electron chi connectivity index (χ2n) is 4.10. The Morgan fingerprint density at radius 3 is 2.60 bits per heavy atom. The molecule has 1 rings (SSSR count). The van der Waals surface area contributed by atoms with Gasteiger partial charge in [-0.2, -0.15) is 0 Å². The normalized spacial score (nSPS) is 13.0. The highest BCUT2D eigenvalue weighted by Crippen LogP contribution is 2.26. The fourth-order valence-corrected chi connectivity index (χ4v) is 2.10. The highest BCUT2D eigenvalue weighted by atomic mass is 35.5. The third-order valence-electron chi connectivity index (χ3n) is 2.78. The fraction of sp³-hybridized carbons (Fsp3) is 0.750. The summed E-state index contributed by atoms with van der Waals surface area (Å²) in [4.78, 5) is 7.27. The van der Waals surface area contributed by atoms with E-state index in [2.05, 4.69) is 23.8 Å². The van der Waals surface area contributed by atoms with Crippen molar-refractivity contribution in [1.82, 2.24) is 9.97 Å². The highest BCUT2D eigenvalue weighted by Gasteiger charge is 2.13. The molecule has 0 saturated heterocycles. The van der Waals surface area contributed by atoms with Crippen LogP contribution in [0.15, 0.2) is 6.20 Å². The molecule has 1 N–H and O–H groups in total. The van der Waals surface area contributed by atoms with Gasteiger partial charge in [0.2, 0.25) is 0 Å². The zero-order valence-electron chi connectivity index (χ0n) is 9.72. The number of nitrogens with one attached hydrogen (secondary N) is 1. The van der Waals surface area contributed by atoms with Crippen molar-refractivity contribution in [3.05, 3.63) is 17.2 Å². The molecule has 0 aliphatic heterocycles. The van der Waals surface area contributed by atoms with Crippen LogP contribution < -0.4 is 0 Å². The first kappa shape index (κ1) is 12.6. The van der Waals surface area contributed by atoms with Crippen molar-refractivity contribution in [3.8, 4) is 0 Å². The van der Waals surface area contributed by atoms with Gasteiger partial charge in [-0.25, -0.2) is 4.98 Å². The Bertz CT molecular complexity index is 270. The van der Waals surface area contributed by atoms with E-state index in [-0.39, 0.29) is 0 Å². The van der Waals surface area contributed by atoms with Crippen LogP contribution in [0.25, 0.3) is 0 Å². The first-order valence-electron chi connectivity index (χ1n) is 5.98. The first-order valence-corrected chi connectivity index (χ1v) is 6.36. The van der Waals surface area contributed by atoms with Gasteiger partial charge in [-0.3, -0.25) is 0 Å².